The zero-order valence-corrected chi connectivity index (χ0v) is 35.9. The molecule has 1 aliphatic carbocycles. The zero-order chi connectivity index (χ0) is 41.6. The van der Waals surface area contributed by atoms with Gasteiger partial charge in [-0.1, -0.05) is 67.0 Å². The molecule has 2 aliphatic rings. The second-order valence-electron chi connectivity index (χ2n) is 16.6. The molecule has 0 aromatic heterocycles. The van der Waals surface area contributed by atoms with Crippen LogP contribution in [0.15, 0.2) is 29.2 Å². The van der Waals surface area contributed by atoms with E-state index in [0.717, 1.165) is 18.4 Å². The van der Waals surface area contributed by atoms with Crippen molar-refractivity contribution < 1.29 is 37.1 Å². The Labute approximate surface area is 329 Å². The Balaban J connectivity index is 1.77. The van der Waals surface area contributed by atoms with E-state index in [0.29, 0.717) is 25.8 Å². The highest BCUT2D eigenvalue weighted by atomic mass is 32.2. The minimum absolute atomic E-state index is 0.0273. The molecule has 1 saturated heterocycles. The second kappa shape index (κ2) is 19.4. The number of hydrogen-bond acceptors (Lipinski definition) is 10. The second-order valence-corrected chi connectivity index (χ2v) is 18.3. The number of nitrogens with two attached hydrogens (primary N) is 1. The summed E-state index contributed by atoms with van der Waals surface area (Å²) in [7, 11) is 4.18. The van der Waals surface area contributed by atoms with Gasteiger partial charge in [0.1, 0.15) is 6.04 Å². The van der Waals surface area contributed by atoms with Crippen molar-refractivity contribution in [3.8, 4) is 0 Å². The standard InChI is InChI=1S/C40H68N6O8S/c1-13-26(6)35(45(10)39(50)33(24(2)3)42-38(49)34(25(4)5)44(8)9)31(53-11)23-32(47)46-22-14-15-30(46)36(54-12)27(7)37(48)43-55(51,52)29-18-16-28(17-19-29)40(41)20-21-40/h16-19,24-27,30-31,33-36H,13-15,20-23,41H2,1-12H3,(H,42,49)(H,43,48)/t26-,27+,30-,31+,33?,34?,35-,36+/m0/s1. The molecule has 4 amide bonds. The number of carbonyl (C=O) groups excluding carboxylic acids is 4. The van der Waals surface area contributed by atoms with Gasteiger partial charge in [0.15, 0.2) is 0 Å². The quantitative estimate of drug-likeness (QED) is 0.178. The van der Waals surface area contributed by atoms with Crippen molar-refractivity contribution in [3.63, 3.8) is 0 Å². The maximum absolute atomic E-state index is 14.2. The monoisotopic (exact) mass is 792 g/mol. The lowest BCUT2D eigenvalue weighted by Crippen LogP contribution is -2.59. The molecular formula is C40H68N6O8S. The lowest BCUT2D eigenvalue weighted by Gasteiger charge is -2.41. The van der Waals surface area contributed by atoms with Crippen LogP contribution in [0.1, 0.15) is 92.6 Å². The molecule has 14 nitrogen and oxygen atoms in total. The van der Waals surface area contributed by atoms with Crippen LogP contribution in [0.3, 0.4) is 0 Å². The van der Waals surface area contributed by atoms with Gasteiger partial charge in [-0.25, -0.2) is 13.1 Å². The molecule has 1 aromatic rings. The smallest absolute Gasteiger partial charge is 0.264 e. The van der Waals surface area contributed by atoms with Crippen molar-refractivity contribution in [2.75, 3.05) is 41.9 Å². The van der Waals surface area contributed by atoms with Crippen molar-refractivity contribution in [1.82, 2.24) is 24.7 Å². The molecule has 1 heterocycles. The highest BCUT2D eigenvalue weighted by molar-refractivity contribution is 7.90. The van der Waals surface area contributed by atoms with Gasteiger partial charge in [-0.15, -0.1) is 0 Å². The third kappa shape index (κ3) is 11.1. The predicted octanol–water partition coefficient (Wildman–Crippen LogP) is 3.09. The fourth-order valence-corrected chi connectivity index (χ4v) is 9.15. The van der Waals surface area contributed by atoms with Gasteiger partial charge in [0.25, 0.3) is 10.0 Å². The highest BCUT2D eigenvalue weighted by Gasteiger charge is 2.44. The van der Waals surface area contributed by atoms with Crippen molar-refractivity contribution in [1.29, 1.82) is 0 Å². The Kier molecular flexibility index (Phi) is 16.3. The number of methoxy groups -OCH3 is 2. The van der Waals surface area contributed by atoms with Gasteiger partial charge in [0.2, 0.25) is 23.6 Å². The number of likely N-dealkylation sites (tertiary alicyclic amines) is 1. The van der Waals surface area contributed by atoms with Crippen LogP contribution < -0.4 is 15.8 Å². The number of hydrogen-bond donors (Lipinski definition) is 3. The summed E-state index contributed by atoms with van der Waals surface area (Å²) in [5, 5.41) is 3.02. The van der Waals surface area contributed by atoms with Crippen molar-refractivity contribution in [2.45, 2.75) is 134 Å². The number of nitrogens with zero attached hydrogens (tertiary/aromatic N) is 3. The molecule has 55 heavy (non-hydrogen) atoms. The maximum Gasteiger partial charge on any atom is 0.264 e. The van der Waals surface area contributed by atoms with Gasteiger partial charge in [-0.3, -0.25) is 24.1 Å². The molecule has 4 N–H and O–H groups in total. The van der Waals surface area contributed by atoms with E-state index in [4.69, 9.17) is 15.2 Å². The van der Waals surface area contributed by atoms with Crippen molar-refractivity contribution in [3.05, 3.63) is 29.8 Å². The summed E-state index contributed by atoms with van der Waals surface area (Å²) in [6, 6.07) is 4.05. The molecule has 0 radical (unpaired) electrons. The Morgan fingerprint density at radius 3 is 2.02 bits per heavy atom. The third-order valence-electron chi connectivity index (χ3n) is 11.7. The molecule has 0 bridgehead atoms. The Bertz CT molecular complexity index is 1570. The number of benzene rings is 1. The lowest BCUT2D eigenvalue weighted by atomic mass is 9.89. The first-order chi connectivity index (χ1) is 25.6. The molecular weight excluding hydrogens is 725 g/mol. The SMILES string of the molecule is CC[C@H](C)[C@@H]([C@@H](CC(=O)N1CCC[C@H]1[C@H](OC)[C@@H](C)C(=O)NS(=O)(=O)c1ccc(C2(N)CC2)cc1)OC)N(C)C(=O)C(NC(=O)C(C(C)C)N(C)C)C(C)C. The van der Waals surface area contributed by atoms with Crippen LogP contribution in [0.25, 0.3) is 0 Å². The van der Waals surface area contributed by atoms with Crippen LogP contribution in [-0.4, -0.2) is 125 Å². The number of nitrogens with one attached hydrogen (secondary N) is 2. The summed E-state index contributed by atoms with van der Waals surface area (Å²) in [5.74, 6) is -2.61. The summed E-state index contributed by atoms with van der Waals surface area (Å²) in [6.07, 6.45) is 2.09. The molecule has 1 aromatic carbocycles. The van der Waals surface area contributed by atoms with Gasteiger partial charge >= 0.3 is 0 Å². The molecule has 15 heteroatoms. The third-order valence-corrected chi connectivity index (χ3v) is 13.1. The minimum atomic E-state index is -4.18. The van der Waals surface area contributed by atoms with Crippen LogP contribution in [-0.2, 0) is 44.2 Å². The molecule has 312 valence electrons. The summed E-state index contributed by atoms with van der Waals surface area (Å²) in [5.41, 5.74) is 6.68. The fraction of sp³-hybridized carbons (Fsp3) is 0.750. The van der Waals surface area contributed by atoms with E-state index in [1.54, 1.807) is 35.9 Å². The molecule has 3 rings (SSSR count). The average Bonchev–Trinajstić information content (AvgIpc) is 3.69. The first-order valence-corrected chi connectivity index (χ1v) is 21.2. The first-order valence-electron chi connectivity index (χ1n) is 19.7. The average molecular weight is 793 g/mol. The highest BCUT2D eigenvalue weighted by Crippen LogP contribution is 2.42. The Morgan fingerprint density at radius 2 is 1.55 bits per heavy atom. The van der Waals surface area contributed by atoms with E-state index in [9.17, 15) is 27.6 Å². The van der Waals surface area contributed by atoms with E-state index in [-0.39, 0.29) is 46.8 Å². The van der Waals surface area contributed by atoms with E-state index in [1.807, 2.05) is 60.5 Å². The van der Waals surface area contributed by atoms with Gasteiger partial charge in [0, 0.05) is 33.4 Å². The Morgan fingerprint density at radius 1 is 0.945 bits per heavy atom. The van der Waals surface area contributed by atoms with Gasteiger partial charge < -0.3 is 30.3 Å². The summed E-state index contributed by atoms with van der Waals surface area (Å²) in [6.45, 7) is 13.8. The van der Waals surface area contributed by atoms with Crippen LogP contribution in [0, 0.1) is 23.7 Å². The molecule has 1 saturated carbocycles. The molecule has 0 spiro atoms. The fourth-order valence-electron chi connectivity index (χ4n) is 8.08. The lowest BCUT2D eigenvalue weighted by molar-refractivity contribution is -0.148. The zero-order valence-electron chi connectivity index (χ0n) is 35.1. The molecule has 8 atom stereocenters. The van der Waals surface area contributed by atoms with Gasteiger partial charge in [0.05, 0.1) is 47.6 Å². The molecule has 2 fully saturated rings. The topological polar surface area (TPSA) is 181 Å². The van der Waals surface area contributed by atoms with Crippen LogP contribution in [0.2, 0.25) is 0 Å². The number of ether oxygens (including phenoxy) is 2. The maximum atomic E-state index is 14.2. The molecule has 2 unspecified atom stereocenters. The van der Waals surface area contributed by atoms with E-state index in [2.05, 4.69) is 10.0 Å². The summed E-state index contributed by atoms with van der Waals surface area (Å²) in [4.78, 5) is 60.4. The minimum Gasteiger partial charge on any atom is -0.379 e. The van der Waals surface area contributed by atoms with Gasteiger partial charge in [-0.2, -0.15) is 0 Å². The van der Waals surface area contributed by atoms with Crippen molar-refractivity contribution in [2.24, 2.45) is 29.4 Å². The Hall–Kier alpha value is -3.11. The number of amides is 4. The van der Waals surface area contributed by atoms with E-state index < -0.39 is 63.8 Å². The first kappa shape index (κ1) is 46.3. The van der Waals surface area contributed by atoms with Gasteiger partial charge in [-0.05, 0) is 75.2 Å². The van der Waals surface area contributed by atoms with E-state index in [1.165, 1.54) is 26.4 Å². The molecule has 1 aliphatic heterocycles. The predicted molar refractivity (Wildman–Crippen MR) is 212 cm³/mol. The number of rotatable bonds is 20. The van der Waals surface area contributed by atoms with Crippen LogP contribution in [0.4, 0.5) is 0 Å². The summed E-state index contributed by atoms with van der Waals surface area (Å²) < 4.78 is 40.4. The summed E-state index contributed by atoms with van der Waals surface area (Å²) >= 11 is 0. The van der Waals surface area contributed by atoms with Crippen LogP contribution >= 0.6 is 0 Å². The number of carbonyl (C=O) groups is 4. The van der Waals surface area contributed by atoms with Crippen molar-refractivity contribution >= 4 is 33.7 Å². The normalized spacial score (nSPS) is 20.7. The number of sulfonamides is 1. The number of likely N-dealkylation sites (N-methyl/N-ethyl adjacent to an activating group) is 2. The van der Waals surface area contributed by atoms with Crippen LogP contribution in [0.5, 0.6) is 0 Å². The van der Waals surface area contributed by atoms with E-state index >= 15 is 0 Å². The largest absolute Gasteiger partial charge is 0.379 e.